The van der Waals surface area contributed by atoms with Gasteiger partial charge in [0.2, 0.25) is 0 Å². The van der Waals surface area contributed by atoms with E-state index in [0.717, 1.165) is 30.2 Å². The van der Waals surface area contributed by atoms with Crippen LogP contribution in [0, 0.1) is 17.3 Å². The lowest BCUT2D eigenvalue weighted by Crippen LogP contribution is -2.51. The van der Waals surface area contributed by atoms with Crippen molar-refractivity contribution in [3.63, 3.8) is 0 Å². The Bertz CT molecular complexity index is 416. The van der Waals surface area contributed by atoms with Crippen molar-refractivity contribution in [3.05, 3.63) is 35.9 Å². The van der Waals surface area contributed by atoms with Crippen molar-refractivity contribution in [2.75, 3.05) is 6.54 Å². The van der Waals surface area contributed by atoms with Gasteiger partial charge in [-0.1, -0.05) is 44.2 Å². The summed E-state index contributed by atoms with van der Waals surface area (Å²) in [5, 5.41) is 11.2. The lowest BCUT2D eigenvalue weighted by atomic mass is 9.59. The molecule has 1 aliphatic carbocycles. The van der Waals surface area contributed by atoms with E-state index >= 15 is 0 Å². The standard InChI is InChI=1S/C18H29NO/c1-14(2)15-9-11-18(13-19,12-10-15)17(3,20)16-7-5-4-6-8-16/h4-8,14-15,20H,9-13,19H2,1-3H3. The van der Waals surface area contributed by atoms with E-state index in [4.69, 9.17) is 5.73 Å². The quantitative estimate of drug-likeness (QED) is 0.880. The lowest BCUT2D eigenvalue weighted by Gasteiger charge is -2.49. The van der Waals surface area contributed by atoms with Crippen LogP contribution in [0.3, 0.4) is 0 Å². The first-order chi connectivity index (χ1) is 9.43. The molecule has 2 heteroatoms. The number of aliphatic hydroxyl groups is 1. The third-order valence-corrected chi connectivity index (χ3v) is 5.69. The van der Waals surface area contributed by atoms with E-state index in [1.54, 1.807) is 0 Å². The van der Waals surface area contributed by atoms with Gasteiger partial charge in [0.15, 0.2) is 0 Å². The van der Waals surface area contributed by atoms with Crippen LogP contribution in [-0.4, -0.2) is 11.7 Å². The second kappa shape index (κ2) is 5.87. The summed E-state index contributed by atoms with van der Waals surface area (Å²) in [5.41, 5.74) is 6.09. The fourth-order valence-corrected chi connectivity index (χ4v) is 3.82. The van der Waals surface area contributed by atoms with Crippen LogP contribution < -0.4 is 5.73 Å². The third kappa shape index (κ3) is 2.64. The van der Waals surface area contributed by atoms with Gasteiger partial charge in [-0.2, -0.15) is 0 Å². The normalized spacial score (nSPS) is 30.2. The molecule has 1 unspecified atom stereocenters. The molecule has 1 aromatic rings. The second-order valence-corrected chi connectivity index (χ2v) is 7.00. The molecule has 3 N–H and O–H groups in total. The highest BCUT2D eigenvalue weighted by molar-refractivity contribution is 5.25. The minimum atomic E-state index is -0.842. The molecule has 2 rings (SSSR count). The average Bonchev–Trinajstić information content (AvgIpc) is 2.48. The maximum absolute atomic E-state index is 11.2. The molecule has 0 radical (unpaired) electrons. The molecule has 0 aromatic heterocycles. The van der Waals surface area contributed by atoms with Gasteiger partial charge in [-0.15, -0.1) is 0 Å². The van der Waals surface area contributed by atoms with Crippen LogP contribution in [0.5, 0.6) is 0 Å². The minimum absolute atomic E-state index is 0.181. The van der Waals surface area contributed by atoms with E-state index in [1.807, 2.05) is 37.3 Å². The molecular weight excluding hydrogens is 246 g/mol. The number of hydrogen-bond acceptors (Lipinski definition) is 2. The van der Waals surface area contributed by atoms with Crippen LogP contribution in [0.4, 0.5) is 0 Å². The van der Waals surface area contributed by atoms with E-state index < -0.39 is 5.60 Å². The minimum Gasteiger partial charge on any atom is -0.385 e. The van der Waals surface area contributed by atoms with Gasteiger partial charge >= 0.3 is 0 Å². The van der Waals surface area contributed by atoms with E-state index in [1.165, 1.54) is 12.8 Å². The second-order valence-electron chi connectivity index (χ2n) is 7.00. The molecule has 1 aromatic carbocycles. The molecule has 0 amide bonds. The number of rotatable bonds is 4. The smallest absolute Gasteiger partial charge is 0.0936 e. The molecule has 112 valence electrons. The molecule has 0 saturated heterocycles. The van der Waals surface area contributed by atoms with Crippen LogP contribution in [0.1, 0.15) is 52.0 Å². The van der Waals surface area contributed by atoms with Gasteiger partial charge in [-0.25, -0.2) is 0 Å². The molecule has 1 saturated carbocycles. The molecule has 0 aliphatic heterocycles. The number of benzene rings is 1. The molecular formula is C18H29NO. The average molecular weight is 275 g/mol. The molecule has 20 heavy (non-hydrogen) atoms. The van der Waals surface area contributed by atoms with Gasteiger partial charge < -0.3 is 10.8 Å². The molecule has 0 bridgehead atoms. The Kier molecular flexibility index (Phi) is 4.55. The van der Waals surface area contributed by atoms with Crippen LogP contribution in [0.25, 0.3) is 0 Å². The first-order valence-electron chi connectivity index (χ1n) is 7.91. The topological polar surface area (TPSA) is 46.2 Å². The van der Waals surface area contributed by atoms with E-state index in [-0.39, 0.29) is 5.41 Å². The molecule has 0 heterocycles. The molecule has 1 fully saturated rings. The van der Waals surface area contributed by atoms with Crippen LogP contribution in [0.15, 0.2) is 30.3 Å². The van der Waals surface area contributed by atoms with Crippen molar-refractivity contribution in [2.45, 2.75) is 52.1 Å². The molecule has 2 nitrogen and oxygen atoms in total. The Morgan fingerprint density at radius 1 is 1.25 bits per heavy atom. The summed E-state index contributed by atoms with van der Waals surface area (Å²) >= 11 is 0. The summed E-state index contributed by atoms with van der Waals surface area (Å²) < 4.78 is 0. The van der Waals surface area contributed by atoms with Crippen LogP contribution in [-0.2, 0) is 5.60 Å². The zero-order chi connectivity index (χ0) is 14.8. The SMILES string of the molecule is CC(C)C1CCC(CN)(C(C)(O)c2ccccc2)CC1. The monoisotopic (exact) mass is 275 g/mol. The predicted octanol–water partition coefficient (Wildman–Crippen LogP) is 3.69. The summed E-state index contributed by atoms with van der Waals surface area (Å²) in [6, 6.07) is 10.0. The van der Waals surface area contributed by atoms with E-state index in [2.05, 4.69) is 13.8 Å². The summed E-state index contributed by atoms with van der Waals surface area (Å²) in [6.45, 7) is 7.11. The van der Waals surface area contributed by atoms with Crippen LogP contribution >= 0.6 is 0 Å². The maximum atomic E-state index is 11.2. The van der Waals surface area contributed by atoms with Crippen molar-refractivity contribution < 1.29 is 5.11 Å². The van der Waals surface area contributed by atoms with E-state index in [0.29, 0.717) is 6.54 Å². The van der Waals surface area contributed by atoms with Crippen molar-refractivity contribution in [1.82, 2.24) is 0 Å². The summed E-state index contributed by atoms with van der Waals surface area (Å²) in [5.74, 6) is 1.51. The third-order valence-electron chi connectivity index (χ3n) is 5.69. The highest BCUT2D eigenvalue weighted by Gasteiger charge is 2.48. The van der Waals surface area contributed by atoms with Gasteiger partial charge in [-0.05, 0) is 50.0 Å². The van der Waals surface area contributed by atoms with Crippen molar-refractivity contribution in [2.24, 2.45) is 23.0 Å². The van der Waals surface area contributed by atoms with Crippen molar-refractivity contribution >= 4 is 0 Å². The molecule has 1 atom stereocenters. The van der Waals surface area contributed by atoms with E-state index in [9.17, 15) is 5.11 Å². The Morgan fingerprint density at radius 2 is 1.80 bits per heavy atom. The first kappa shape index (κ1) is 15.5. The summed E-state index contributed by atoms with van der Waals surface area (Å²) in [7, 11) is 0. The number of hydrogen-bond donors (Lipinski definition) is 2. The van der Waals surface area contributed by atoms with Gasteiger partial charge in [0, 0.05) is 12.0 Å². The lowest BCUT2D eigenvalue weighted by molar-refractivity contribution is -0.100. The highest BCUT2D eigenvalue weighted by atomic mass is 16.3. The fraction of sp³-hybridized carbons (Fsp3) is 0.667. The van der Waals surface area contributed by atoms with Crippen molar-refractivity contribution in [3.8, 4) is 0 Å². The fourth-order valence-electron chi connectivity index (χ4n) is 3.82. The first-order valence-corrected chi connectivity index (χ1v) is 7.91. The zero-order valence-corrected chi connectivity index (χ0v) is 13.1. The van der Waals surface area contributed by atoms with Crippen molar-refractivity contribution in [1.29, 1.82) is 0 Å². The zero-order valence-electron chi connectivity index (χ0n) is 13.1. The Hall–Kier alpha value is -0.860. The molecule has 1 aliphatic rings. The van der Waals surface area contributed by atoms with Gasteiger partial charge in [0.1, 0.15) is 0 Å². The highest BCUT2D eigenvalue weighted by Crippen LogP contribution is 2.51. The largest absolute Gasteiger partial charge is 0.385 e. The molecule has 0 spiro atoms. The van der Waals surface area contributed by atoms with Gasteiger partial charge in [-0.3, -0.25) is 0 Å². The summed E-state index contributed by atoms with van der Waals surface area (Å²) in [4.78, 5) is 0. The van der Waals surface area contributed by atoms with Gasteiger partial charge in [0.05, 0.1) is 5.60 Å². The Labute approximate surface area is 123 Å². The van der Waals surface area contributed by atoms with Gasteiger partial charge in [0.25, 0.3) is 0 Å². The predicted molar refractivity (Wildman–Crippen MR) is 84.3 cm³/mol. The Morgan fingerprint density at radius 3 is 2.25 bits per heavy atom. The Balaban J connectivity index is 2.24. The van der Waals surface area contributed by atoms with Crippen LogP contribution in [0.2, 0.25) is 0 Å². The maximum Gasteiger partial charge on any atom is 0.0936 e. The number of nitrogens with two attached hydrogens (primary N) is 1. The summed E-state index contributed by atoms with van der Waals surface area (Å²) in [6.07, 6.45) is 4.40.